The molecule has 3 rings (SSSR count). The predicted molar refractivity (Wildman–Crippen MR) is 95.9 cm³/mol. The summed E-state index contributed by atoms with van der Waals surface area (Å²) >= 11 is 1.40. The minimum atomic E-state index is -0.0135. The normalized spacial score (nSPS) is 15.6. The zero-order valence-electron chi connectivity index (χ0n) is 15.1. The fraction of sp³-hybridized carbons (Fsp3) is 0.625. The summed E-state index contributed by atoms with van der Waals surface area (Å²) in [6.07, 6.45) is 1.82. The Morgan fingerprint density at radius 3 is 2.76 bits per heavy atom. The first-order valence-corrected chi connectivity index (χ1v) is 9.11. The Morgan fingerprint density at radius 2 is 2.16 bits per heavy atom. The molecule has 0 bridgehead atoms. The molecule has 1 saturated heterocycles. The Labute approximate surface area is 151 Å². The van der Waals surface area contributed by atoms with Gasteiger partial charge in [0, 0.05) is 57.6 Å². The molecule has 136 valence electrons. The molecule has 0 aromatic carbocycles. The van der Waals surface area contributed by atoms with Gasteiger partial charge >= 0.3 is 0 Å². The Bertz CT molecular complexity index is 715. The molecule has 9 heteroatoms. The van der Waals surface area contributed by atoms with Crippen LogP contribution >= 0.6 is 11.5 Å². The van der Waals surface area contributed by atoms with Crippen molar-refractivity contribution in [1.82, 2.24) is 24.0 Å². The topological polar surface area (TPSA) is 76.4 Å². The van der Waals surface area contributed by atoms with Gasteiger partial charge in [-0.2, -0.15) is 9.47 Å². The number of piperidine rings is 1. The van der Waals surface area contributed by atoms with Gasteiger partial charge in [0.2, 0.25) is 5.13 Å². The highest BCUT2D eigenvalue weighted by Gasteiger charge is 2.28. The molecular formula is C16H24N6O2S. The van der Waals surface area contributed by atoms with Gasteiger partial charge in [0.1, 0.15) is 6.61 Å². The summed E-state index contributed by atoms with van der Waals surface area (Å²) in [4.78, 5) is 21.2. The zero-order valence-corrected chi connectivity index (χ0v) is 15.9. The number of carbonyl (C=O) groups is 1. The lowest BCUT2D eigenvalue weighted by Gasteiger charge is -2.36. The largest absolute Gasteiger partial charge is 0.377 e. The second kappa shape index (κ2) is 7.49. The maximum absolute atomic E-state index is 12.6. The molecule has 0 radical (unpaired) electrons. The van der Waals surface area contributed by atoms with Crippen LogP contribution in [0.1, 0.15) is 34.8 Å². The molecule has 0 saturated carbocycles. The lowest BCUT2D eigenvalue weighted by atomic mass is 10.0. The van der Waals surface area contributed by atoms with Crippen molar-refractivity contribution >= 4 is 22.6 Å². The molecule has 25 heavy (non-hydrogen) atoms. The minimum absolute atomic E-state index is 0.0135. The third-order valence-corrected chi connectivity index (χ3v) is 5.48. The van der Waals surface area contributed by atoms with E-state index in [9.17, 15) is 4.79 Å². The number of nitrogens with zero attached hydrogens (tertiary/aromatic N) is 6. The first kappa shape index (κ1) is 17.8. The van der Waals surface area contributed by atoms with Crippen LogP contribution in [0.3, 0.4) is 0 Å². The van der Waals surface area contributed by atoms with Crippen molar-refractivity contribution in [3.63, 3.8) is 0 Å². The lowest BCUT2D eigenvalue weighted by Crippen LogP contribution is -2.45. The summed E-state index contributed by atoms with van der Waals surface area (Å²) in [7, 11) is 5.36. The summed E-state index contributed by atoms with van der Waals surface area (Å²) < 4.78 is 11.1. The van der Waals surface area contributed by atoms with E-state index in [4.69, 9.17) is 4.74 Å². The second-order valence-electron chi connectivity index (χ2n) is 6.36. The van der Waals surface area contributed by atoms with E-state index in [0.29, 0.717) is 12.3 Å². The highest BCUT2D eigenvalue weighted by atomic mass is 32.1. The van der Waals surface area contributed by atoms with Crippen LogP contribution < -0.4 is 4.90 Å². The van der Waals surface area contributed by atoms with Crippen molar-refractivity contribution in [3.05, 3.63) is 23.3 Å². The SMILES string of the molecule is COCc1nsc(N2CCC(N(C)C(=O)c3cc(C)n(C)n3)CC2)n1. The predicted octanol–water partition coefficient (Wildman–Crippen LogP) is 1.47. The van der Waals surface area contributed by atoms with Crippen molar-refractivity contribution < 1.29 is 9.53 Å². The van der Waals surface area contributed by atoms with E-state index in [-0.39, 0.29) is 11.9 Å². The van der Waals surface area contributed by atoms with Crippen LogP contribution in [0.2, 0.25) is 0 Å². The van der Waals surface area contributed by atoms with Crippen LogP contribution in [0, 0.1) is 6.92 Å². The summed E-state index contributed by atoms with van der Waals surface area (Å²) in [5.41, 5.74) is 1.49. The average Bonchev–Trinajstić information content (AvgIpc) is 3.21. The fourth-order valence-electron chi connectivity index (χ4n) is 3.02. The number of hydrogen-bond acceptors (Lipinski definition) is 7. The number of carbonyl (C=O) groups excluding carboxylic acids is 1. The van der Waals surface area contributed by atoms with E-state index in [1.165, 1.54) is 11.5 Å². The molecule has 0 aliphatic carbocycles. The molecule has 0 N–H and O–H groups in total. The smallest absolute Gasteiger partial charge is 0.274 e. The summed E-state index contributed by atoms with van der Waals surface area (Å²) in [6, 6.07) is 2.06. The maximum Gasteiger partial charge on any atom is 0.274 e. The van der Waals surface area contributed by atoms with E-state index in [0.717, 1.165) is 42.6 Å². The van der Waals surface area contributed by atoms with Crippen molar-refractivity contribution in [1.29, 1.82) is 0 Å². The van der Waals surface area contributed by atoms with Crippen molar-refractivity contribution in [2.24, 2.45) is 7.05 Å². The monoisotopic (exact) mass is 364 g/mol. The van der Waals surface area contributed by atoms with Gasteiger partial charge in [-0.15, -0.1) is 0 Å². The zero-order chi connectivity index (χ0) is 18.0. The number of rotatable bonds is 5. The molecule has 1 aliphatic heterocycles. The Balaban J connectivity index is 1.58. The molecule has 1 fully saturated rings. The first-order chi connectivity index (χ1) is 12.0. The number of hydrogen-bond donors (Lipinski definition) is 0. The summed E-state index contributed by atoms with van der Waals surface area (Å²) in [6.45, 7) is 4.12. The van der Waals surface area contributed by atoms with E-state index < -0.39 is 0 Å². The summed E-state index contributed by atoms with van der Waals surface area (Å²) in [5.74, 6) is 0.711. The molecule has 8 nitrogen and oxygen atoms in total. The van der Waals surface area contributed by atoms with Crippen LogP contribution in [0.25, 0.3) is 0 Å². The molecule has 1 amide bonds. The van der Waals surface area contributed by atoms with Crippen molar-refractivity contribution in [3.8, 4) is 0 Å². The van der Waals surface area contributed by atoms with Gasteiger partial charge in [0.15, 0.2) is 11.5 Å². The van der Waals surface area contributed by atoms with E-state index in [1.807, 2.05) is 32.0 Å². The number of anilines is 1. The Kier molecular flexibility index (Phi) is 5.33. The standard InChI is InChI=1S/C16H24N6O2S/c1-11-9-13(18-21(11)3)15(23)20(2)12-5-7-22(8-6-12)16-17-14(10-24-4)19-25-16/h9,12H,5-8,10H2,1-4H3. The van der Waals surface area contributed by atoms with Crippen LogP contribution in [-0.2, 0) is 18.4 Å². The van der Waals surface area contributed by atoms with E-state index in [1.54, 1.807) is 11.8 Å². The number of ether oxygens (including phenoxy) is 1. The fourth-order valence-corrected chi connectivity index (χ4v) is 3.74. The molecule has 2 aromatic heterocycles. The van der Waals surface area contributed by atoms with Gasteiger partial charge in [-0.1, -0.05) is 0 Å². The molecule has 1 aliphatic rings. The van der Waals surface area contributed by atoms with Crippen LogP contribution in [-0.4, -0.2) is 63.2 Å². The van der Waals surface area contributed by atoms with Gasteiger partial charge in [-0.3, -0.25) is 9.48 Å². The molecule has 0 atom stereocenters. The first-order valence-electron chi connectivity index (χ1n) is 8.34. The van der Waals surface area contributed by atoms with E-state index in [2.05, 4.69) is 19.4 Å². The number of methoxy groups -OCH3 is 1. The summed E-state index contributed by atoms with van der Waals surface area (Å²) in [5, 5.41) is 5.23. The highest BCUT2D eigenvalue weighted by molar-refractivity contribution is 7.09. The maximum atomic E-state index is 12.6. The Hall–Kier alpha value is -2.00. The number of amides is 1. The second-order valence-corrected chi connectivity index (χ2v) is 7.09. The lowest BCUT2D eigenvalue weighted by molar-refractivity contribution is 0.0702. The third kappa shape index (κ3) is 3.82. The van der Waals surface area contributed by atoms with Gasteiger partial charge in [0.05, 0.1) is 0 Å². The van der Waals surface area contributed by atoms with Crippen molar-refractivity contribution in [2.75, 3.05) is 32.1 Å². The molecule has 0 unspecified atom stereocenters. The Morgan fingerprint density at radius 1 is 1.44 bits per heavy atom. The van der Waals surface area contributed by atoms with Crippen molar-refractivity contribution in [2.45, 2.75) is 32.4 Å². The highest BCUT2D eigenvalue weighted by Crippen LogP contribution is 2.24. The average molecular weight is 364 g/mol. The molecule has 3 heterocycles. The molecule has 0 spiro atoms. The van der Waals surface area contributed by atoms with Crippen LogP contribution in [0.15, 0.2) is 6.07 Å². The van der Waals surface area contributed by atoms with Gasteiger partial charge in [0.25, 0.3) is 5.91 Å². The van der Waals surface area contributed by atoms with Crippen LogP contribution in [0.5, 0.6) is 0 Å². The quantitative estimate of drug-likeness (QED) is 0.800. The van der Waals surface area contributed by atoms with E-state index >= 15 is 0 Å². The third-order valence-electron chi connectivity index (χ3n) is 4.67. The van der Waals surface area contributed by atoms with Crippen LogP contribution in [0.4, 0.5) is 5.13 Å². The number of aromatic nitrogens is 4. The van der Waals surface area contributed by atoms with Gasteiger partial charge in [-0.05, 0) is 25.8 Å². The van der Waals surface area contributed by atoms with Gasteiger partial charge in [-0.25, -0.2) is 4.98 Å². The molecule has 2 aromatic rings. The number of aryl methyl sites for hydroxylation is 2. The van der Waals surface area contributed by atoms with Gasteiger partial charge < -0.3 is 14.5 Å². The minimum Gasteiger partial charge on any atom is -0.377 e. The molecular weight excluding hydrogens is 340 g/mol.